The molecule has 6 rings (SSSR count). The van der Waals surface area contributed by atoms with E-state index in [4.69, 9.17) is 28.4 Å². The Morgan fingerprint density at radius 3 is 0.547 bits per heavy atom. The van der Waals surface area contributed by atoms with Crippen molar-refractivity contribution in [2.24, 2.45) is 0 Å². The van der Waals surface area contributed by atoms with E-state index in [0.717, 1.165) is 31.8 Å². The maximum Gasteiger partial charge on any atom is 0.426 e. The minimum Gasteiger partial charge on any atom is -0.497 e. The SMILES string of the molecule is COc1ccc([P+](C(=O)[P+](c2ccc(OC)cc2)(c2ccc(OC)cc2)c2ccc(OC)cc2)(c2ccc(OC)cc2)c2ccc(OC)cc2)cc1.[Ir]. The van der Waals surface area contributed by atoms with Crippen LogP contribution in [0.25, 0.3) is 0 Å². The molecule has 0 aliphatic heterocycles. The minimum absolute atomic E-state index is 0. The van der Waals surface area contributed by atoms with Gasteiger partial charge >= 0.3 is 5.27 Å². The van der Waals surface area contributed by atoms with E-state index in [9.17, 15) is 0 Å². The van der Waals surface area contributed by atoms with Gasteiger partial charge in [-0.1, -0.05) is 0 Å². The molecule has 0 aliphatic rings. The van der Waals surface area contributed by atoms with Crippen molar-refractivity contribution in [3.8, 4) is 34.5 Å². The summed E-state index contributed by atoms with van der Waals surface area (Å²) in [6.45, 7) is 0. The molecule has 0 spiro atoms. The summed E-state index contributed by atoms with van der Waals surface area (Å²) < 4.78 is 33.7. The summed E-state index contributed by atoms with van der Waals surface area (Å²) in [5.41, 5.74) is 0. The predicted octanol–water partition coefficient (Wildman–Crippen LogP) is 7.14. The van der Waals surface area contributed by atoms with Gasteiger partial charge in [0.1, 0.15) is 66.3 Å². The zero-order valence-corrected chi connectivity index (χ0v) is 34.6. The van der Waals surface area contributed by atoms with Gasteiger partial charge in [0.25, 0.3) is 0 Å². The van der Waals surface area contributed by atoms with Crippen molar-refractivity contribution >= 4 is 51.6 Å². The molecule has 0 saturated heterocycles. The van der Waals surface area contributed by atoms with Crippen LogP contribution in [0, 0.1) is 0 Å². The van der Waals surface area contributed by atoms with Crippen molar-refractivity contribution in [1.29, 1.82) is 0 Å². The average Bonchev–Trinajstić information content (AvgIpc) is 3.22. The first kappa shape index (κ1) is 39.5. The van der Waals surface area contributed by atoms with E-state index < -0.39 is 14.5 Å². The first-order chi connectivity index (χ1) is 25.4. The first-order valence-corrected chi connectivity index (χ1v) is 20.2. The van der Waals surface area contributed by atoms with Crippen LogP contribution in [0.4, 0.5) is 4.79 Å². The standard InChI is InChI=1S/C43H42O7P2.Ir/c1-45-31-7-19-37(20-8-31)51(38-21-9-32(46-2)10-22-38,39-23-11-33(47-3)12-24-39)43(44)52(40-25-13-34(48-4)14-26-40,41-27-15-35(49-5)16-28-41)42-29-17-36(50-6)18-30-42;/h7-30H,1-6H3;/q+2;. The Balaban J connectivity index is 0.00000541. The van der Waals surface area contributed by atoms with Crippen LogP contribution in [0.15, 0.2) is 146 Å². The van der Waals surface area contributed by atoms with Crippen molar-refractivity contribution < 1.29 is 53.3 Å². The molecule has 0 atom stereocenters. The molecule has 0 saturated carbocycles. The zero-order chi connectivity index (χ0) is 36.7. The maximum absolute atomic E-state index is 17.1. The van der Waals surface area contributed by atoms with Crippen molar-refractivity contribution in [2.75, 3.05) is 42.7 Å². The van der Waals surface area contributed by atoms with Crippen LogP contribution >= 0.6 is 14.5 Å². The Morgan fingerprint density at radius 1 is 0.302 bits per heavy atom. The Morgan fingerprint density at radius 2 is 0.434 bits per heavy atom. The number of carbonyl (C=O) groups excluding carboxylic acids is 1. The third kappa shape index (κ3) is 7.30. The van der Waals surface area contributed by atoms with Crippen LogP contribution in [-0.2, 0) is 20.1 Å². The molecule has 53 heavy (non-hydrogen) atoms. The molecule has 6 aromatic rings. The van der Waals surface area contributed by atoms with Gasteiger partial charge in [-0.05, 0) is 146 Å². The fraction of sp³-hybridized carbons (Fsp3) is 0.140. The predicted molar refractivity (Wildman–Crippen MR) is 215 cm³/mol. The smallest absolute Gasteiger partial charge is 0.426 e. The average molecular weight is 925 g/mol. The second-order valence-corrected chi connectivity index (χ2v) is 18.8. The first-order valence-electron chi connectivity index (χ1n) is 16.6. The number of hydrogen-bond donors (Lipinski definition) is 0. The Labute approximate surface area is 326 Å². The van der Waals surface area contributed by atoms with Gasteiger partial charge in [0, 0.05) is 20.1 Å². The summed E-state index contributed by atoms with van der Waals surface area (Å²) >= 11 is 0. The van der Waals surface area contributed by atoms with Crippen LogP contribution in [0.3, 0.4) is 0 Å². The van der Waals surface area contributed by atoms with Gasteiger partial charge in [0.05, 0.1) is 42.7 Å². The summed E-state index contributed by atoms with van der Waals surface area (Å²) in [6, 6.07) is 47.5. The summed E-state index contributed by atoms with van der Waals surface area (Å²) in [5, 5.41) is 5.40. The Kier molecular flexibility index (Phi) is 13.0. The number of methoxy groups -OCH3 is 6. The van der Waals surface area contributed by atoms with Gasteiger partial charge in [-0.25, -0.2) is 4.79 Å². The summed E-state index contributed by atoms with van der Waals surface area (Å²) in [5.74, 6) is 4.17. The van der Waals surface area contributed by atoms with Crippen molar-refractivity contribution in [2.45, 2.75) is 0 Å². The Hall–Kier alpha value is -4.70. The number of rotatable bonds is 14. The van der Waals surface area contributed by atoms with E-state index in [1.165, 1.54) is 0 Å². The molecular formula is C43H42IrO7P2+2. The molecule has 6 aromatic carbocycles. The summed E-state index contributed by atoms with van der Waals surface area (Å²) in [6.07, 6.45) is 0. The van der Waals surface area contributed by atoms with Gasteiger partial charge in [-0.2, -0.15) is 0 Å². The van der Waals surface area contributed by atoms with Gasteiger partial charge in [-0.15, -0.1) is 0 Å². The van der Waals surface area contributed by atoms with Gasteiger partial charge in [0.15, 0.2) is 0 Å². The second-order valence-electron chi connectivity index (χ2n) is 11.8. The van der Waals surface area contributed by atoms with E-state index in [1.54, 1.807) is 42.7 Å². The van der Waals surface area contributed by atoms with Crippen LogP contribution < -0.4 is 60.2 Å². The molecule has 0 bridgehead atoms. The molecule has 10 heteroatoms. The number of ether oxygens (including phenoxy) is 6. The molecule has 0 N–H and O–H groups in total. The molecule has 0 heterocycles. The third-order valence-corrected chi connectivity index (χ3v) is 18.7. The zero-order valence-electron chi connectivity index (χ0n) is 30.4. The fourth-order valence-corrected chi connectivity index (χ4v) is 17.2. The monoisotopic (exact) mass is 925 g/mol. The molecule has 0 fully saturated rings. The summed E-state index contributed by atoms with van der Waals surface area (Å²) in [4.78, 5) is 17.1. The normalized spacial score (nSPS) is 11.1. The molecule has 0 unspecified atom stereocenters. The van der Waals surface area contributed by atoms with Crippen LogP contribution in [-0.4, -0.2) is 47.9 Å². The fourth-order valence-electron chi connectivity index (χ4n) is 6.62. The largest absolute Gasteiger partial charge is 0.497 e. The van der Waals surface area contributed by atoms with E-state index in [1.807, 2.05) is 146 Å². The van der Waals surface area contributed by atoms with Crippen molar-refractivity contribution in [3.63, 3.8) is 0 Å². The topological polar surface area (TPSA) is 72.5 Å². The second kappa shape index (κ2) is 17.4. The molecule has 7 nitrogen and oxygen atoms in total. The maximum atomic E-state index is 17.1. The van der Waals surface area contributed by atoms with E-state index in [-0.39, 0.29) is 25.4 Å². The number of benzene rings is 6. The molecular weight excluding hydrogens is 883 g/mol. The molecule has 1 radical (unpaired) electrons. The van der Waals surface area contributed by atoms with Crippen molar-refractivity contribution in [1.82, 2.24) is 0 Å². The number of hydrogen-bond acceptors (Lipinski definition) is 7. The van der Waals surface area contributed by atoms with E-state index in [0.29, 0.717) is 34.5 Å². The van der Waals surface area contributed by atoms with Gasteiger partial charge in [-0.3, -0.25) is 0 Å². The van der Waals surface area contributed by atoms with Crippen LogP contribution in [0.5, 0.6) is 34.5 Å². The van der Waals surface area contributed by atoms with Gasteiger partial charge in [0.2, 0.25) is 14.5 Å². The third-order valence-electron chi connectivity index (χ3n) is 9.33. The van der Waals surface area contributed by atoms with E-state index in [2.05, 4.69) is 0 Å². The van der Waals surface area contributed by atoms with Crippen molar-refractivity contribution in [3.05, 3.63) is 146 Å². The molecule has 0 aliphatic carbocycles. The van der Waals surface area contributed by atoms with Gasteiger partial charge < -0.3 is 28.4 Å². The van der Waals surface area contributed by atoms with Crippen LogP contribution in [0.2, 0.25) is 0 Å². The quantitative estimate of drug-likeness (QED) is 0.108. The molecule has 0 aromatic heterocycles. The van der Waals surface area contributed by atoms with E-state index >= 15 is 4.79 Å². The van der Waals surface area contributed by atoms with Crippen LogP contribution in [0.1, 0.15) is 0 Å². The Bertz CT molecular complexity index is 1700. The molecule has 273 valence electrons. The minimum atomic E-state index is -3.26. The number of carbonyl (C=O) groups is 1. The summed E-state index contributed by atoms with van der Waals surface area (Å²) in [7, 11) is 3.33. The molecule has 0 amide bonds.